The molecular weight excluding hydrogens is 306 g/mol. The molecule has 6 heteroatoms. The number of nitrogens with two attached hydrogens (primary N) is 1. The number of anilines is 1. The average Bonchev–Trinajstić information content (AvgIpc) is 2.93. The first-order valence-corrected chi connectivity index (χ1v) is 7.54. The van der Waals surface area contributed by atoms with Crippen LogP contribution in [0.4, 0.5) is 5.95 Å². The number of nitrogens with zero attached hydrogens (tertiary/aromatic N) is 3. The Labute approximate surface area is 137 Å². The second-order valence-corrected chi connectivity index (χ2v) is 5.50. The summed E-state index contributed by atoms with van der Waals surface area (Å²) in [5.41, 5.74) is 10.4. The number of hydrogen-bond acceptors (Lipinski definition) is 4. The van der Waals surface area contributed by atoms with Crippen LogP contribution in [0, 0.1) is 4.77 Å². The SMILES string of the molecule is Nc1nc(-c2ccccc2)c2c(-c3ccccc3)nc(=S)[nH]n12. The van der Waals surface area contributed by atoms with Crippen LogP contribution in [0.1, 0.15) is 0 Å². The number of nitrogen functional groups attached to an aromatic ring is 1. The fraction of sp³-hybridized carbons (Fsp3) is 0. The van der Waals surface area contributed by atoms with Gasteiger partial charge in [0.25, 0.3) is 0 Å². The van der Waals surface area contributed by atoms with Crippen LogP contribution < -0.4 is 5.73 Å². The second-order valence-electron chi connectivity index (χ2n) is 5.11. The Kier molecular flexibility index (Phi) is 3.17. The van der Waals surface area contributed by atoms with E-state index >= 15 is 0 Å². The predicted molar refractivity (Wildman–Crippen MR) is 93.5 cm³/mol. The number of hydrogen-bond donors (Lipinski definition) is 2. The van der Waals surface area contributed by atoms with Crippen LogP contribution >= 0.6 is 12.2 Å². The van der Waals surface area contributed by atoms with E-state index in [9.17, 15) is 0 Å². The fourth-order valence-corrected chi connectivity index (χ4v) is 2.82. The summed E-state index contributed by atoms with van der Waals surface area (Å²) in [6.45, 7) is 0. The highest BCUT2D eigenvalue weighted by atomic mass is 32.1. The Hall–Kier alpha value is -2.99. The number of rotatable bonds is 2. The lowest BCUT2D eigenvalue weighted by Crippen LogP contribution is -2.02. The van der Waals surface area contributed by atoms with Crippen molar-refractivity contribution in [1.29, 1.82) is 0 Å². The molecule has 0 amide bonds. The normalized spacial score (nSPS) is 11.0. The van der Waals surface area contributed by atoms with Crippen molar-refractivity contribution in [1.82, 2.24) is 19.6 Å². The molecule has 2 heterocycles. The maximum Gasteiger partial charge on any atom is 0.220 e. The van der Waals surface area contributed by atoms with E-state index in [2.05, 4.69) is 15.1 Å². The molecule has 0 saturated heterocycles. The summed E-state index contributed by atoms with van der Waals surface area (Å²) in [6, 6.07) is 19.8. The lowest BCUT2D eigenvalue weighted by molar-refractivity contribution is 0.892. The van der Waals surface area contributed by atoms with E-state index in [0.29, 0.717) is 10.7 Å². The highest BCUT2D eigenvalue weighted by Crippen LogP contribution is 2.31. The molecule has 0 unspecified atom stereocenters. The van der Waals surface area contributed by atoms with Gasteiger partial charge in [-0.2, -0.15) is 0 Å². The Morgan fingerprint density at radius 3 is 1.91 bits per heavy atom. The molecular formula is C17H13N5S. The molecule has 0 aliphatic carbocycles. The van der Waals surface area contributed by atoms with E-state index in [1.54, 1.807) is 4.52 Å². The van der Waals surface area contributed by atoms with Gasteiger partial charge in [0.1, 0.15) is 16.9 Å². The lowest BCUT2D eigenvalue weighted by Gasteiger charge is -2.06. The largest absolute Gasteiger partial charge is 0.368 e. The lowest BCUT2D eigenvalue weighted by atomic mass is 10.1. The third kappa shape index (κ3) is 2.29. The number of benzene rings is 2. The highest BCUT2D eigenvalue weighted by Gasteiger charge is 2.17. The molecule has 0 bridgehead atoms. The summed E-state index contributed by atoms with van der Waals surface area (Å²) in [5.74, 6) is 0.351. The van der Waals surface area contributed by atoms with E-state index < -0.39 is 0 Å². The van der Waals surface area contributed by atoms with Gasteiger partial charge in [-0.1, -0.05) is 60.7 Å². The topological polar surface area (TPSA) is 72.0 Å². The van der Waals surface area contributed by atoms with E-state index in [1.807, 2.05) is 60.7 Å². The van der Waals surface area contributed by atoms with Crippen LogP contribution in [0.2, 0.25) is 0 Å². The molecule has 2 aromatic heterocycles. The summed E-state index contributed by atoms with van der Waals surface area (Å²) < 4.78 is 2.06. The van der Waals surface area contributed by atoms with Crippen LogP contribution in [-0.2, 0) is 0 Å². The molecule has 3 N–H and O–H groups in total. The third-order valence-electron chi connectivity index (χ3n) is 3.64. The molecule has 0 saturated carbocycles. The minimum atomic E-state index is 0.351. The summed E-state index contributed by atoms with van der Waals surface area (Å²) in [5, 5.41) is 2.99. The maximum atomic E-state index is 6.08. The molecule has 0 fully saturated rings. The van der Waals surface area contributed by atoms with Gasteiger partial charge >= 0.3 is 0 Å². The number of imidazole rings is 1. The van der Waals surface area contributed by atoms with Crippen molar-refractivity contribution < 1.29 is 0 Å². The van der Waals surface area contributed by atoms with Crippen molar-refractivity contribution in [2.24, 2.45) is 0 Å². The Morgan fingerprint density at radius 2 is 1.35 bits per heavy atom. The summed E-state index contributed by atoms with van der Waals surface area (Å²) >= 11 is 5.24. The first-order chi connectivity index (χ1) is 11.2. The molecule has 23 heavy (non-hydrogen) atoms. The van der Waals surface area contributed by atoms with E-state index in [4.69, 9.17) is 18.0 Å². The van der Waals surface area contributed by atoms with Crippen molar-refractivity contribution in [3.05, 3.63) is 65.4 Å². The summed E-state index contributed by atoms with van der Waals surface area (Å²) in [4.78, 5) is 9.02. The maximum absolute atomic E-state index is 6.08. The minimum Gasteiger partial charge on any atom is -0.368 e. The van der Waals surface area contributed by atoms with Crippen LogP contribution in [-0.4, -0.2) is 19.6 Å². The molecule has 4 aromatic rings. The molecule has 2 aromatic carbocycles. The van der Waals surface area contributed by atoms with Crippen molar-refractivity contribution in [3.8, 4) is 22.5 Å². The highest BCUT2D eigenvalue weighted by molar-refractivity contribution is 7.71. The van der Waals surface area contributed by atoms with E-state index in [0.717, 1.165) is 28.0 Å². The number of H-pyrrole nitrogens is 1. The molecule has 0 radical (unpaired) electrons. The first-order valence-electron chi connectivity index (χ1n) is 7.13. The van der Waals surface area contributed by atoms with Crippen molar-refractivity contribution in [3.63, 3.8) is 0 Å². The molecule has 0 aliphatic rings. The van der Waals surface area contributed by atoms with Crippen LogP contribution in [0.5, 0.6) is 0 Å². The molecule has 0 spiro atoms. The monoisotopic (exact) mass is 319 g/mol. The number of nitrogens with one attached hydrogen (secondary N) is 1. The van der Waals surface area contributed by atoms with Gasteiger partial charge in [0.2, 0.25) is 10.7 Å². The second kappa shape index (κ2) is 5.33. The zero-order chi connectivity index (χ0) is 15.8. The first kappa shape index (κ1) is 13.7. The predicted octanol–water partition coefficient (Wildman–Crippen LogP) is 3.70. The van der Waals surface area contributed by atoms with Gasteiger partial charge in [0, 0.05) is 11.1 Å². The fourth-order valence-electron chi connectivity index (χ4n) is 2.64. The van der Waals surface area contributed by atoms with Crippen LogP contribution in [0.25, 0.3) is 28.0 Å². The van der Waals surface area contributed by atoms with Crippen molar-refractivity contribution >= 4 is 23.7 Å². The Bertz CT molecular complexity index is 1040. The Balaban J connectivity index is 2.13. The zero-order valence-electron chi connectivity index (χ0n) is 12.1. The quantitative estimate of drug-likeness (QED) is 0.553. The molecule has 0 aliphatic heterocycles. The summed E-state index contributed by atoms with van der Waals surface area (Å²) in [6.07, 6.45) is 0. The van der Waals surface area contributed by atoms with Gasteiger partial charge in [-0.3, -0.25) is 5.10 Å². The van der Waals surface area contributed by atoms with Gasteiger partial charge in [-0.15, -0.1) is 0 Å². The van der Waals surface area contributed by atoms with Gasteiger partial charge in [0.15, 0.2) is 0 Å². The van der Waals surface area contributed by atoms with Crippen molar-refractivity contribution in [2.75, 3.05) is 5.73 Å². The van der Waals surface area contributed by atoms with Crippen LogP contribution in [0.15, 0.2) is 60.7 Å². The molecule has 112 valence electrons. The Morgan fingerprint density at radius 1 is 0.826 bits per heavy atom. The number of aromatic nitrogens is 4. The third-order valence-corrected chi connectivity index (χ3v) is 3.83. The van der Waals surface area contributed by atoms with E-state index in [-0.39, 0.29) is 0 Å². The van der Waals surface area contributed by atoms with Gasteiger partial charge in [-0.25, -0.2) is 14.5 Å². The molecule has 4 rings (SSSR count). The van der Waals surface area contributed by atoms with Gasteiger partial charge < -0.3 is 5.73 Å². The molecule has 5 nitrogen and oxygen atoms in total. The molecule has 0 atom stereocenters. The number of fused-ring (bicyclic) bond motifs is 1. The minimum absolute atomic E-state index is 0.351. The smallest absolute Gasteiger partial charge is 0.220 e. The van der Waals surface area contributed by atoms with Gasteiger partial charge in [-0.05, 0) is 12.2 Å². The summed E-state index contributed by atoms with van der Waals surface area (Å²) in [7, 11) is 0. The van der Waals surface area contributed by atoms with Gasteiger partial charge in [0.05, 0.1) is 0 Å². The number of aromatic amines is 1. The standard InChI is InChI=1S/C17H13N5S/c18-16-19-13(11-7-3-1-4-8-11)15-14(12-9-5-2-6-10-12)20-17(23)21-22(15)16/h1-10H,(H2,18,19)(H,21,23). The van der Waals surface area contributed by atoms with Crippen molar-refractivity contribution in [2.45, 2.75) is 0 Å². The average molecular weight is 319 g/mol. The van der Waals surface area contributed by atoms with E-state index in [1.165, 1.54) is 0 Å². The van der Waals surface area contributed by atoms with Crippen LogP contribution in [0.3, 0.4) is 0 Å². The zero-order valence-corrected chi connectivity index (χ0v) is 12.9.